The first-order valence-corrected chi connectivity index (χ1v) is 7.81. The van der Waals surface area contributed by atoms with E-state index < -0.39 is 0 Å². The fraction of sp³-hybridized carbons (Fsp3) is 0.818. The van der Waals surface area contributed by atoms with Gasteiger partial charge in [-0.3, -0.25) is 9.59 Å². The molecule has 0 aromatic carbocycles. The Morgan fingerprint density at radius 1 is 1.25 bits per heavy atom. The van der Waals surface area contributed by atoms with Crippen molar-refractivity contribution >= 4 is 35.3 Å². The van der Waals surface area contributed by atoms with Crippen LogP contribution in [0.5, 0.6) is 0 Å². The van der Waals surface area contributed by atoms with Crippen LogP contribution < -0.4 is 0 Å². The second-order valence-electron chi connectivity index (χ2n) is 3.52. The van der Waals surface area contributed by atoms with E-state index in [0.29, 0.717) is 6.42 Å². The molecule has 0 N–H and O–H groups in total. The first-order chi connectivity index (χ1) is 7.47. The summed E-state index contributed by atoms with van der Waals surface area (Å²) >= 11 is 3.22. The average molecular weight is 264 g/mol. The molecule has 0 fully saturated rings. The van der Waals surface area contributed by atoms with Crippen LogP contribution in [-0.4, -0.2) is 35.0 Å². The molecule has 0 saturated heterocycles. The number of rotatable bonds is 7. The number of ketones is 1. The minimum absolute atomic E-state index is 0.106. The van der Waals surface area contributed by atoms with Crippen LogP contribution in [0.15, 0.2) is 0 Å². The summed E-state index contributed by atoms with van der Waals surface area (Å²) in [6.45, 7) is 5.05. The van der Waals surface area contributed by atoms with Crippen molar-refractivity contribution in [2.45, 2.75) is 37.9 Å². The topological polar surface area (TPSA) is 43.4 Å². The van der Waals surface area contributed by atoms with Gasteiger partial charge in [0, 0.05) is 13.3 Å². The molecule has 5 heteroatoms. The lowest BCUT2D eigenvalue weighted by atomic mass is 9.99. The number of thioether (sulfide) groups is 2. The van der Waals surface area contributed by atoms with Crippen LogP contribution in [0.25, 0.3) is 0 Å². The fourth-order valence-corrected chi connectivity index (χ4v) is 3.34. The Bertz CT molecular complexity index is 239. The summed E-state index contributed by atoms with van der Waals surface area (Å²) in [5.41, 5.74) is 0. The molecule has 16 heavy (non-hydrogen) atoms. The zero-order chi connectivity index (χ0) is 12.7. The van der Waals surface area contributed by atoms with Gasteiger partial charge in [0.15, 0.2) is 0 Å². The highest BCUT2D eigenvalue weighted by atomic mass is 32.2. The number of hydrogen-bond acceptors (Lipinski definition) is 5. The van der Waals surface area contributed by atoms with E-state index in [0.717, 1.165) is 0 Å². The van der Waals surface area contributed by atoms with E-state index in [1.807, 2.05) is 26.4 Å². The van der Waals surface area contributed by atoms with Crippen molar-refractivity contribution in [2.75, 3.05) is 12.5 Å². The van der Waals surface area contributed by atoms with Crippen LogP contribution in [0.2, 0.25) is 0 Å². The molecule has 3 nitrogen and oxygen atoms in total. The maximum atomic E-state index is 11.7. The van der Waals surface area contributed by atoms with Crippen molar-refractivity contribution in [1.29, 1.82) is 0 Å². The molecule has 0 heterocycles. The maximum Gasteiger partial charge on any atom is 0.302 e. The predicted molar refractivity (Wildman–Crippen MR) is 70.8 cm³/mol. The van der Waals surface area contributed by atoms with Crippen molar-refractivity contribution in [3.8, 4) is 0 Å². The molecule has 0 amide bonds. The molecule has 0 saturated carbocycles. The Morgan fingerprint density at radius 2 is 1.75 bits per heavy atom. The van der Waals surface area contributed by atoms with E-state index in [1.165, 1.54) is 6.92 Å². The highest BCUT2D eigenvalue weighted by molar-refractivity contribution is 8.16. The van der Waals surface area contributed by atoms with Crippen LogP contribution in [0.1, 0.15) is 27.2 Å². The van der Waals surface area contributed by atoms with Gasteiger partial charge < -0.3 is 4.74 Å². The second kappa shape index (κ2) is 8.01. The minimum atomic E-state index is -0.338. The fourth-order valence-electron chi connectivity index (χ4n) is 1.45. The number of carbonyl (C=O) groups is 2. The minimum Gasteiger partial charge on any atom is -0.460 e. The molecule has 2 atom stereocenters. The van der Waals surface area contributed by atoms with Crippen molar-refractivity contribution in [3.05, 3.63) is 0 Å². The molecular formula is C11H20O3S2. The van der Waals surface area contributed by atoms with Crippen LogP contribution in [-0.2, 0) is 14.3 Å². The van der Waals surface area contributed by atoms with E-state index in [2.05, 4.69) is 0 Å². The standard InChI is InChI=1S/C11H20O3S2/c1-6-9(13)7(2)10(14-8(3)12)11(15-4)16-5/h7,10-11H,6H2,1-5H3. The van der Waals surface area contributed by atoms with Gasteiger partial charge in [-0.15, -0.1) is 23.5 Å². The number of esters is 1. The molecule has 0 aliphatic rings. The Balaban J connectivity index is 4.76. The Kier molecular flexibility index (Phi) is 7.93. The summed E-state index contributed by atoms with van der Waals surface area (Å²) in [5.74, 6) is -0.424. The van der Waals surface area contributed by atoms with Gasteiger partial charge in [0.25, 0.3) is 0 Å². The third-order valence-electron chi connectivity index (χ3n) is 2.38. The summed E-state index contributed by atoms with van der Waals surface area (Å²) in [6.07, 6.45) is 4.06. The summed E-state index contributed by atoms with van der Waals surface area (Å²) < 4.78 is 5.38. The Labute approximate surface area is 106 Å². The SMILES string of the molecule is CCC(=O)C(C)C(OC(C)=O)C(SC)SC. The molecule has 0 aliphatic heterocycles. The van der Waals surface area contributed by atoms with Crippen LogP contribution in [0.3, 0.4) is 0 Å². The predicted octanol–water partition coefficient (Wildman–Crippen LogP) is 2.59. The number of hydrogen-bond donors (Lipinski definition) is 0. The van der Waals surface area contributed by atoms with Gasteiger partial charge in [0.1, 0.15) is 11.9 Å². The lowest BCUT2D eigenvalue weighted by Crippen LogP contribution is -2.36. The Hall–Kier alpha value is -0.160. The normalized spacial score (nSPS) is 14.6. The zero-order valence-electron chi connectivity index (χ0n) is 10.5. The average Bonchev–Trinajstić information content (AvgIpc) is 2.26. The van der Waals surface area contributed by atoms with Gasteiger partial charge in [-0.05, 0) is 12.5 Å². The van der Waals surface area contributed by atoms with Crippen molar-refractivity contribution in [1.82, 2.24) is 0 Å². The highest BCUT2D eigenvalue weighted by Gasteiger charge is 2.32. The van der Waals surface area contributed by atoms with E-state index in [1.54, 1.807) is 23.5 Å². The maximum absolute atomic E-state index is 11.7. The van der Waals surface area contributed by atoms with Crippen LogP contribution in [0, 0.1) is 5.92 Å². The van der Waals surface area contributed by atoms with E-state index in [9.17, 15) is 9.59 Å². The molecule has 0 radical (unpaired) electrons. The van der Waals surface area contributed by atoms with Gasteiger partial charge in [-0.1, -0.05) is 13.8 Å². The molecule has 0 rings (SSSR count). The first kappa shape index (κ1) is 15.8. The molecule has 0 aliphatic carbocycles. The largest absolute Gasteiger partial charge is 0.460 e. The van der Waals surface area contributed by atoms with Gasteiger partial charge in [0.05, 0.1) is 10.5 Å². The lowest BCUT2D eigenvalue weighted by molar-refractivity contribution is -0.149. The Morgan fingerprint density at radius 3 is 2.06 bits per heavy atom. The summed E-state index contributed by atoms with van der Waals surface area (Å²) in [4.78, 5) is 22.7. The number of ether oxygens (including phenoxy) is 1. The van der Waals surface area contributed by atoms with Crippen molar-refractivity contribution < 1.29 is 14.3 Å². The summed E-state index contributed by atoms with van der Waals surface area (Å²) in [6, 6.07) is 0. The number of carbonyl (C=O) groups excluding carboxylic acids is 2. The van der Waals surface area contributed by atoms with Crippen LogP contribution in [0.4, 0.5) is 0 Å². The molecule has 0 aromatic rings. The van der Waals surface area contributed by atoms with Gasteiger partial charge in [-0.2, -0.15) is 0 Å². The second-order valence-corrected chi connectivity index (χ2v) is 5.78. The van der Waals surface area contributed by atoms with E-state index >= 15 is 0 Å². The molecular weight excluding hydrogens is 244 g/mol. The van der Waals surface area contributed by atoms with E-state index in [4.69, 9.17) is 4.74 Å². The quantitative estimate of drug-likeness (QED) is 0.522. The highest BCUT2D eigenvalue weighted by Crippen LogP contribution is 2.29. The van der Waals surface area contributed by atoms with E-state index in [-0.39, 0.29) is 28.4 Å². The zero-order valence-corrected chi connectivity index (χ0v) is 12.1. The van der Waals surface area contributed by atoms with Gasteiger partial charge >= 0.3 is 5.97 Å². The third-order valence-corrected chi connectivity index (χ3v) is 5.00. The lowest BCUT2D eigenvalue weighted by Gasteiger charge is -2.28. The van der Waals surface area contributed by atoms with Crippen molar-refractivity contribution in [2.24, 2.45) is 5.92 Å². The number of Topliss-reactive ketones (excluding diaryl/α,β-unsaturated/α-hetero) is 1. The summed E-state index contributed by atoms with van der Waals surface area (Å²) in [5, 5.41) is 0. The van der Waals surface area contributed by atoms with Gasteiger partial charge in [0.2, 0.25) is 0 Å². The molecule has 2 unspecified atom stereocenters. The van der Waals surface area contributed by atoms with Crippen LogP contribution >= 0.6 is 23.5 Å². The molecule has 94 valence electrons. The monoisotopic (exact) mass is 264 g/mol. The smallest absolute Gasteiger partial charge is 0.302 e. The third kappa shape index (κ3) is 4.78. The summed E-state index contributed by atoms with van der Waals surface area (Å²) in [7, 11) is 0. The first-order valence-electron chi connectivity index (χ1n) is 5.23. The van der Waals surface area contributed by atoms with Gasteiger partial charge in [-0.25, -0.2) is 0 Å². The van der Waals surface area contributed by atoms with Crippen molar-refractivity contribution in [3.63, 3.8) is 0 Å². The molecule has 0 bridgehead atoms. The molecule has 0 spiro atoms. The molecule has 0 aromatic heterocycles.